The number of carbonyl (C=O) groups excluding carboxylic acids is 1. The van der Waals surface area contributed by atoms with Gasteiger partial charge >= 0.3 is 0 Å². The third-order valence-corrected chi connectivity index (χ3v) is 5.51. The summed E-state index contributed by atoms with van der Waals surface area (Å²) in [6, 6.07) is 19.3. The molecule has 5 nitrogen and oxygen atoms in total. The molecule has 0 fully saturated rings. The molecule has 3 rings (SSSR count). The molecule has 26 heavy (non-hydrogen) atoms. The van der Waals surface area contributed by atoms with Crippen LogP contribution in [0.25, 0.3) is 10.8 Å². The van der Waals surface area contributed by atoms with Gasteiger partial charge in [0, 0.05) is 29.1 Å². The van der Waals surface area contributed by atoms with Crippen LogP contribution in [-0.2, 0) is 14.8 Å². The van der Waals surface area contributed by atoms with Gasteiger partial charge in [-0.25, -0.2) is 13.1 Å². The third kappa shape index (κ3) is 4.40. The van der Waals surface area contributed by atoms with Gasteiger partial charge in [0.15, 0.2) is 0 Å². The maximum Gasteiger partial charge on any atom is 0.240 e. The number of benzene rings is 3. The lowest BCUT2D eigenvalue weighted by Crippen LogP contribution is -2.27. The highest BCUT2D eigenvalue weighted by Gasteiger charge is 2.14. The number of rotatable bonds is 6. The van der Waals surface area contributed by atoms with Crippen LogP contribution in [0.5, 0.6) is 0 Å². The highest BCUT2D eigenvalue weighted by molar-refractivity contribution is 7.89. The van der Waals surface area contributed by atoms with E-state index in [0.29, 0.717) is 10.7 Å². The second kappa shape index (κ2) is 7.86. The lowest BCUT2D eigenvalue weighted by atomic mass is 10.1. The summed E-state index contributed by atoms with van der Waals surface area (Å²) in [4.78, 5) is 12.2. The number of fused-ring (bicyclic) bond motifs is 1. The smallest absolute Gasteiger partial charge is 0.240 e. The van der Waals surface area contributed by atoms with E-state index < -0.39 is 10.0 Å². The van der Waals surface area contributed by atoms with Crippen molar-refractivity contribution in [3.05, 3.63) is 71.8 Å². The highest BCUT2D eigenvalue weighted by atomic mass is 35.5. The number of nitrogens with one attached hydrogen (secondary N) is 2. The molecule has 0 aromatic heterocycles. The Bertz CT molecular complexity index is 1050. The molecule has 0 spiro atoms. The zero-order valence-electron chi connectivity index (χ0n) is 13.8. The summed E-state index contributed by atoms with van der Waals surface area (Å²) in [5, 5.41) is 5.11. The Balaban J connectivity index is 1.61. The molecule has 0 aliphatic carbocycles. The molecule has 0 heterocycles. The normalized spacial score (nSPS) is 11.4. The first kappa shape index (κ1) is 18.4. The number of halogens is 1. The van der Waals surface area contributed by atoms with E-state index >= 15 is 0 Å². The minimum absolute atomic E-state index is 0.00849. The number of hydrogen-bond acceptors (Lipinski definition) is 3. The first-order valence-corrected chi connectivity index (χ1v) is 9.85. The maximum atomic E-state index is 12.2. The van der Waals surface area contributed by atoms with Crippen LogP contribution in [0.3, 0.4) is 0 Å². The van der Waals surface area contributed by atoms with Gasteiger partial charge in [0.05, 0.1) is 4.90 Å². The molecule has 0 atom stereocenters. The molecule has 0 unspecified atom stereocenters. The second-order valence-electron chi connectivity index (χ2n) is 5.68. The maximum absolute atomic E-state index is 12.2. The van der Waals surface area contributed by atoms with Crippen LogP contribution in [0.1, 0.15) is 6.42 Å². The molecule has 0 bridgehead atoms. The van der Waals surface area contributed by atoms with Gasteiger partial charge in [-0.3, -0.25) is 4.79 Å². The number of sulfonamides is 1. The molecule has 0 radical (unpaired) electrons. The van der Waals surface area contributed by atoms with E-state index in [1.807, 2.05) is 42.5 Å². The summed E-state index contributed by atoms with van der Waals surface area (Å²) in [5.41, 5.74) is 0.700. The number of carbonyl (C=O) groups is 1. The fraction of sp³-hybridized carbons (Fsp3) is 0.105. The summed E-state index contributed by atoms with van der Waals surface area (Å²) in [6.07, 6.45) is 0.0169. The Morgan fingerprint density at radius 2 is 1.69 bits per heavy atom. The monoisotopic (exact) mass is 388 g/mol. The molecule has 3 aromatic rings. The summed E-state index contributed by atoms with van der Waals surface area (Å²) in [6.45, 7) is -0.00849. The Hall–Kier alpha value is -2.41. The van der Waals surface area contributed by atoms with E-state index in [2.05, 4.69) is 10.0 Å². The van der Waals surface area contributed by atoms with Crippen molar-refractivity contribution in [2.24, 2.45) is 0 Å². The van der Waals surface area contributed by atoms with Gasteiger partial charge in [-0.2, -0.15) is 0 Å². The van der Waals surface area contributed by atoms with Crippen LogP contribution in [0, 0.1) is 0 Å². The van der Waals surface area contributed by atoms with Crippen molar-refractivity contribution >= 4 is 44.0 Å². The SMILES string of the molecule is O=C(CCNS(=O)(=O)c1cccc(Cl)c1)Nc1cccc2ccccc12. The van der Waals surface area contributed by atoms with Crippen molar-refractivity contribution in [1.29, 1.82) is 0 Å². The average Bonchev–Trinajstić information content (AvgIpc) is 2.62. The van der Waals surface area contributed by atoms with Crippen molar-refractivity contribution in [2.75, 3.05) is 11.9 Å². The highest BCUT2D eigenvalue weighted by Crippen LogP contribution is 2.23. The average molecular weight is 389 g/mol. The van der Waals surface area contributed by atoms with Gasteiger partial charge in [0.25, 0.3) is 0 Å². The molecule has 134 valence electrons. The molecular formula is C19H17ClN2O3S. The Morgan fingerprint density at radius 1 is 0.962 bits per heavy atom. The van der Waals surface area contributed by atoms with Crippen molar-refractivity contribution in [2.45, 2.75) is 11.3 Å². The van der Waals surface area contributed by atoms with Gasteiger partial charge in [-0.15, -0.1) is 0 Å². The largest absolute Gasteiger partial charge is 0.325 e. The molecule has 1 amide bonds. The molecule has 0 saturated heterocycles. The van der Waals surface area contributed by atoms with Crippen LogP contribution >= 0.6 is 11.6 Å². The van der Waals surface area contributed by atoms with E-state index in [1.165, 1.54) is 12.1 Å². The summed E-state index contributed by atoms with van der Waals surface area (Å²) >= 11 is 5.82. The van der Waals surface area contributed by atoms with Gasteiger partial charge in [0.1, 0.15) is 0 Å². The predicted octanol–water partition coefficient (Wildman–Crippen LogP) is 3.80. The van der Waals surface area contributed by atoms with Crippen LogP contribution < -0.4 is 10.0 Å². The van der Waals surface area contributed by atoms with Gasteiger partial charge < -0.3 is 5.32 Å². The zero-order chi connectivity index (χ0) is 18.6. The van der Waals surface area contributed by atoms with Crippen molar-refractivity contribution < 1.29 is 13.2 Å². The molecule has 0 saturated carbocycles. The van der Waals surface area contributed by atoms with E-state index in [1.54, 1.807) is 12.1 Å². The predicted molar refractivity (Wildman–Crippen MR) is 104 cm³/mol. The van der Waals surface area contributed by atoms with Gasteiger partial charge in [-0.1, -0.05) is 54.1 Å². The first-order chi connectivity index (χ1) is 12.5. The van der Waals surface area contributed by atoms with E-state index in [0.717, 1.165) is 10.8 Å². The minimum atomic E-state index is -3.70. The lowest BCUT2D eigenvalue weighted by Gasteiger charge is -2.10. The van der Waals surface area contributed by atoms with Gasteiger partial charge in [-0.05, 0) is 29.7 Å². The van der Waals surface area contributed by atoms with Crippen LogP contribution in [0.2, 0.25) is 5.02 Å². The Kier molecular flexibility index (Phi) is 5.56. The fourth-order valence-electron chi connectivity index (χ4n) is 2.56. The van der Waals surface area contributed by atoms with E-state index in [9.17, 15) is 13.2 Å². The molecule has 2 N–H and O–H groups in total. The van der Waals surface area contributed by atoms with Crippen molar-refractivity contribution in [3.63, 3.8) is 0 Å². The molecule has 0 aliphatic rings. The van der Waals surface area contributed by atoms with Crippen molar-refractivity contribution in [1.82, 2.24) is 4.72 Å². The molecule has 7 heteroatoms. The van der Waals surface area contributed by atoms with Crippen LogP contribution in [-0.4, -0.2) is 20.9 Å². The quantitative estimate of drug-likeness (QED) is 0.674. The van der Waals surface area contributed by atoms with E-state index in [4.69, 9.17) is 11.6 Å². The summed E-state index contributed by atoms with van der Waals surface area (Å²) in [7, 11) is -3.70. The van der Waals surface area contributed by atoms with Crippen molar-refractivity contribution in [3.8, 4) is 0 Å². The summed E-state index contributed by atoms with van der Waals surface area (Å²) < 4.78 is 26.8. The van der Waals surface area contributed by atoms with E-state index in [-0.39, 0.29) is 23.8 Å². The Labute approximate surface area is 157 Å². The lowest BCUT2D eigenvalue weighted by molar-refractivity contribution is -0.116. The zero-order valence-corrected chi connectivity index (χ0v) is 15.3. The standard InChI is InChI=1S/C19H17ClN2O3S/c20-15-7-4-8-16(13-15)26(24,25)21-12-11-19(23)22-18-10-3-6-14-5-1-2-9-17(14)18/h1-10,13,21H,11-12H2,(H,22,23). The molecule has 3 aromatic carbocycles. The van der Waals surface area contributed by atoms with Gasteiger partial charge in [0.2, 0.25) is 15.9 Å². The number of anilines is 1. The second-order valence-corrected chi connectivity index (χ2v) is 7.88. The number of amides is 1. The summed E-state index contributed by atoms with van der Waals surface area (Å²) in [5.74, 6) is -0.268. The first-order valence-electron chi connectivity index (χ1n) is 7.98. The molecule has 0 aliphatic heterocycles. The van der Waals surface area contributed by atoms with Crippen LogP contribution in [0.4, 0.5) is 5.69 Å². The topological polar surface area (TPSA) is 75.3 Å². The van der Waals surface area contributed by atoms with Crippen LogP contribution in [0.15, 0.2) is 71.6 Å². The third-order valence-electron chi connectivity index (χ3n) is 3.81. The molecular weight excluding hydrogens is 372 g/mol. The fourth-order valence-corrected chi connectivity index (χ4v) is 3.90. The number of hydrogen-bond donors (Lipinski definition) is 2. The minimum Gasteiger partial charge on any atom is -0.325 e. The Morgan fingerprint density at radius 3 is 2.50 bits per heavy atom.